The van der Waals surface area contributed by atoms with Gasteiger partial charge in [0.25, 0.3) is 5.91 Å². The van der Waals surface area contributed by atoms with Crippen LogP contribution in [0, 0.1) is 0 Å². The second kappa shape index (κ2) is 12.3. The van der Waals surface area contributed by atoms with Gasteiger partial charge in [-0.2, -0.15) is 13.2 Å². The number of likely N-dealkylation sites (N-methyl/N-ethyl adjacent to an activating group) is 1. The van der Waals surface area contributed by atoms with Crippen molar-refractivity contribution in [3.8, 4) is 0 Å². The Morgan fingerprint density at radius 2 is 1.78 bits per heavy atom. The Morgan fingerprint density at radius 1 is 1.19 bits per heavy atom. The molecule has 1 aromatic carbocycles. The maximum atomic E-state index is 12.4. The molecule has 0 aliphatic carbocycles. The lowest BCUT2D eigenvalue weighted by Crippen LogP contribution is -2.48. The molecule has 1 aliphatic rings. The number of carbonyl (C=O) groups is 4. The second-order valence-electron chi connectivity index (χ2n) is 8.42. The van der Waals surface area contributed by atoms with Gasteiger partial charge in [-0.1, -0.05) is 11.6 Å². The van der Waals surface area contributed by atoms with Crippen molar-refractivity contribution in [2.24, 2.45) is 5.73 Å². The molecule has 0 saturated heterocycles. The zero-order valence-electron chi connectivity index (χ0n) is 19.5. The van der Waals surface area contributed by atoms with E-state index >= 15 is 0 Å². The van der Waals surface area contributed by atoms with Crippen LogP contribution < -0.4 is 21.5 Å². The van der Waals surface area contributed by atoms with Crippen LogP contribution >= 0.6 is 22.9 Å². The fourth-order valence-corrected chi connectivity index (χ4v) is 5.21. The fraction of sp³-hybridized carbons (Fsp3) is 0.364. The van der Waals surface area contributed by atoms with E-state index in [1.807, 2.05) is 0 Å². The van der Waals surface area contributed by atoms with Crippen LogP contribution in [0.25, 0.3) is 0 Å². The lowest BCUT2D eigenvalue weighted by Gasteiger charge is -2.37. The van der Waals surface area contributed by atoms with Crippen molar-refractivity contribution in [2.75, 3.05) is 30.8 Å². The summed E-state index contributed by atoms with van der Waals surface area (Å²) in [7, 11) is 2.08. The van der Waals surface area contributed by atoms with E-state index in [0.29, 0.717) is 45.1 Å². The van der Waals surface area contributed by atoms with Crippen LogP contribution in [0.1, 0.15) is 33.6 Å². The van der Waals surface area contributed by atoms with E-state index in [0.717, 1.165) is 23.5 Å². The molecule has 3 rings (SSSR count). The number of alkyl halides is 3. The predicted octanol–water partition coefficient (Wildman–Crippen LogP) is 2.81. The maximum Gasteiger partial charge on any atom is 0.430 e. The van der Waals surface area contributed by atoms with Crippen LogP contribution in [0.4, 0.5) is 28.7 Å². The van der Waals surface area contributed by atoms with Crippen molar-refractivity contribution in [1.29, 1.82) is 0 Å². The third-order valence-electron chi connectivity index (χ3n) is 5.41. The number of carboxylic acids is 2. The van der Waals surface area contributed by atoms with Crippen LogP contribution in [-0.4, -0.2) is 59.8 Å². The number of halogens is 4. The van der Waals surface area contributed by atoms with E-state index in [2.05, 4.69) is 17.7 Å². The number of thiophene rings is 1. The van der Waals surface area contributed by atoms with Gasteiger partial charge in [-0.15, -0.1) is 11.3 Å². The summed E-state index contributed by atoms with van der Waals surface area (Å²) in [5.41, 5.74) is 7.43. The molecule has 0 spiro atoms. The molecule has 0 fully saturated rings. The Kier molecular flexibility index (Phi) is 9.89. The summed E-state index contributed by atoms with van der Waals surface area (Å²) in [6.07, 6.45) is -3.83. The first-order valence-electron chi connectivity index (χ1n) is 10.7. The zero-order chi connectivity index (χ0) is 28.0. The number of carbonyl (C=O) groups excluding carboxylic acids is 3. The smallest absolute Gasteiger partial charge is 0.430 e. The molecule has 2 heterocycles. The molecule has 0 saturated carbocycles. The Labute approximate surface area is 218 Å². The third-order valence-corrected chi connectivity index (χ3v) is 6.80. The van der Waals surface area contributed by atoms with Crippen molar-refractivity contribution in [3.05, 3.63) is 45.3 Å². The number of anilines is 2. The number of nitrogens with one attached hydrogen (secondary N) is 2. The van der Waals surface area contributed by atoms with Gasteiger partial charge < -0.3 is 30.5 Å². The van der Waals surface area contributed by atoms with Gasteiger partial charge in [-0.25, -0.2) is 4.79 Å². The number of urea groups is 1. The molecule has 1 aliphatic heterocycles. The van der Waals surface area contributed by atoms with Gasteiger partial charge in [0.1, 0.15) is 17.5 Å². The summed E-state index contributed by atoms with van der Waals surface area (Å²) in [6.45, 7) is 2.18. The number of benzene rings is 1. The Balaban J connectivity index is 0.000000604. The van der Waals surface area contributed by atoms with Crippen molar-refractivity contribution >= 4 is 57.5 Å². The first kappa shape index (κ1) is 29.9. The molecular formula is C22H24ClF3N4O6S. The number of nitrogens with zero attached hydrogens (tertiary/aromatic N) is 1. The van der Waals surface area contributed by atoms with Gasteiger partial charge >= 0.3 is 18.2 Å². The summed E-state index contributed by atoms with van der Waals surface area (Å²) < 4.78 is 32.2. The van der Waals surface area contributed by atoms with Gasteiger partial charge in [0.15, 0.2) is 0 Å². The first-order chi connectivity index (χ1) is 17.1. The average molecular weight is 565 g/mol. The van der Waals surface area contributed by atoms with Crippen LogP contribution in [0.15, 0.2) is 24.3 Å². The second-order valence-corrected chi connectivity index (χ2v) is 9.96. The topological polar surface area (TPSA) is 162 Å². The molecule has 202 valence electrons. The SMILES string of the molecule is C[N+]1(CCCC(=O)O)CCc2c(sc(NC(=O)Nc3ccc(Cl)cc3)c2C(N)=O)C1.O=C([O-])C(F)(F)F. The van der Waals surface area contributed by atoms with Crippen LogP contribution in [-0.2, 0) is 22.6 Å². The molecule has 3 amide bonds. The molecule has 1 unspecified atom stereocenters. The van der Waals surface area contributed by atoms with Gasteiger partial charge in [0.2, 0.25) is 0 Å². The van der Waals surface area contributed by atoms with Crippen molar-refractivity contribution in [1.82, 2.24) is 0 Å². The standard InChI is InChI=1S/C20H23ClN4O4S.C2HF3O2/c1-25(9-2-3-16(26)27)10-8-14-15(11-25)30-19(17(14)18(22)28)24-20(29)23-13-6-4-12(21)5-7-13;3-2(4,5)1(6)7/h4-7H,2-3,8-11H2,1H3,(H4-,22,23,24,26,27,28,29);(H,6,7). The molecule has 2 aromatic rings. The number of hydrogen-bond acceptors (Lipinski definition) is 6. The van der Waals surface area contributed by atoms with Gasteiger partial charge in [-0.3, -0.25) is 14.9 Å². The van der Waals surface area contributed by atoms with E-state index in [1.165, 1.54) is 11.3 Å². The highest BCUT2D eigenvalue weighted by Crippen LogP contribution is 2.38. The molecule has 37 heavy (non-hydrogen) atoms. The minimum atomic E-state index is -5.19. The summed E-state index contributed by atoms with van der Waals surface area (Å²) in [4.78, 5) is 45.1. The summed E-state index contributed by atoms with van der Waals surface area (Å²) in [5, 5.41) is 24.1. The van der Waals surface area contributed by atoms with E-state index in [4.69, 9.17) is 32.3 Å². The number of primary amides is 1. The maximum absolute atomic E-state index is 12.4. The number of aliphatic carboxylic acids is 2. The minimum Gasteiger partial charge on any atom is -0.542 e. The van der Waals surface area contributed by atoms with Crippen molar-refractivity contribution in [2.45, 2.75) is 32.0 Å². The monoisotopic (exact) mass is 564 g/mol. The van der Waals surface area contributed by atoms with Crippen LogP contribution in [0.5, 0.6) is 0 Å². The number of fused-ring (bicyclic) bond motifs is 1. The molecule has 0 bridgehead atoms. The number of quaternary nitrogens is 1. The number of nitrogens with two attached hydrogens (primary N) is 1. The van der Waals surface area contributed by atoms with Crippen LogP contribution in [0.3, 0.4) is 0 Å². The Morgan fingerprint density at radius 3 is 2.30 bits per heavy atom. The van der Waals surface area contributed by atoms with E-state index in [9.17, 15) is 27.6 Å². The lowest BCUT2D eigenvalue weighted by atomic mass is 10.0. The summed E-state index contributed by atoms with van der Waals surface area (Å²) >= 11 is 7.20. The number of hydrogen-bond donors (Lipinski definition) is 4. The highest BCUT2D eigenvalue weighted by molar-refractivity contribution is 7.17. The van der Waals surface area contributed by atoms with Crippen molar-refractivity contribution < 1.29 is 47.0 Å². The molecule has 15 heteroatoms. The van der Waals surface area contributed by atoms with Gasteiger partial charge in [0, 0.05) is 23.6 Å². The first-order valence-corrected chi connectivity index (χ1v) is 11.9. The normalized spacial score (nSPS) is 16.6. The lowest BCUT2D eigenvalue weighted by molar-refractivity contribution is -0.924. The quantitative estimate of drug-likeness (QED) is 0.378. The third kappa shape index (κ3) is 8.91. The van der Waals surface area contributed by atoms with Gasteiger partial charge in [-0.05, 0) is 29.8 Å². The Bertz CT molecular complexity index is 1170. The molecule has 10 nitrogen and oxygen atoms in total. The number of carboxylic acid groups (broad SMARTS) is 2. The molecule has 0 radical (unpaired) electrons. The average Bonchev–Trinajstić information content (AvgIpc) is 3.11. The molecule has 1 atom stereocenters. The molecule has 1 aromatic heterocycles. The molecule has 5 N–H and O–H groups in total. The minimum absolute atomic E-state index is 0.134. The number of rotatable bonds is 7. The predicted molar refractivity (Wildman–Crippen MR) is 128 cm³/mol. The highest BCUT2D eigenvalue weighted by atomic mass is 35.5. The van der Waals surface area contributed by atoms with Gasteiger partial charge in [0.05, 0.1) is 37.0 Å². The number of amides is 3. The summed E-state index contributed by atoms with van der Waals surface area (Å²) in [6, 6.07) is 6.21. The van der Waals surface area contributed by atoms with E-state index < -0.39 is 30.1 Å². The fourth-order valence-electron chi connectivity index (χ4n) is 3.66. The zero-order valence-corrected chi connectivity index (χ0v) is 21.1. The summed E-state index contributed by atoms with van der Waals surface area (Å²) in [5.74, 6) is -4.38. The van der Waals surface area contributed by atoms with E-state index in [1.54, 1.807) is 24.3 Å². The van der Waals surface area contributed by atoms with E-state index in [-0.39, 0.29) is 6.42 Å². The molecular weight excluding hydrogens is 541 g/mol. The Hall–Kier alpha value is -3.36. The van der Waals surface area contributed by atoms with Crippen molar-refractivity contribution in [3.63, 3.8) is 0 Å². The largest absolute Gasteiger partial charge is 0.542 e. The van der Waals surface area contributed by atoms with Crippen LogP contribution in [0.2, 0.25) is 5.02 Å². The highest BCUT2D eigenvalue weighted by Gasteiger charge is 2.34.